The molecule has 2 amide bonds. The van der Waals surface area contributed by atoms with Gasteiger partial charge in [-0.15, -0.1) is 11.3 Å². The van der Waals surface area contributed by atoms with E-state index in [9.17, 15) is 9.59 Å². The summed E-state index contributed by atoms with van der Waals surface area (Å²) in [4.78, 5) is 28.8. The van der Waals surface area contributed by atoms with E-state index >= 15 is 0 Å². The highest BCUT2D eigenvalue weighted by Crippen LogP contribution is 2.26. The molecule has 1 aromatic heterocycles. The Morgan fingerprint density at radius 3 is 2.80 bits per heavy atom. The lowest BCUT2D eigenvalue weighted by Crippen LogP contribution is -2.45. The molecule has 7 nitrogen and oxygen atoms in total. The van der Waals surface area contributed by atoms with E-state index in [-0.39, 0.29) is 24.3 Å². The molecular weight excluding hydrogens is 400 g/mol. The molecule has 158 valence electrons. The average molecular weight is 427 g/mol. The Bertz CT molecular complexity index is 922. The Morgan fingerprint density at radius 2 is 2.07 bits per heavy atom. The Hall–Kier alpha value is -2.55. The van der Waals surface area contributed by atoms with Gasteiger partial charge in [0.05, 0.1) is 24.9 Å². The van der Waals surface area contributed by atoms with E-state index < -0.39 is 0 Å². The molecule has 1 aromatic carbocycles. The van der Waals surface area contributed by atoms with Crippen LogP contribution in [-0.2, 0) is 14.3 Å². The largest absolute Gasteiger partial charge is 0.379 e. The molecule has 0 spiro atoms. The van der Waals surface area contributed by atoms with E-state index in [1.807, 2.05) is 37.3 Å². The predicted molar refractivity (Wildman–Crippen MR) is 118 cm³/mol. The highest BCUT2D eigenvalue weighted by Gasteiger charge is 2.28. The summed E-state index contributed by atoms with van der Waals surface area (Å²) in [5.74, 6) is -0.308. The summed E-state index contributed by atoms with van der Waals surface area (Å²) >= 11 is 1.69. The molecule has 8 heteroatoms. The molecule has 0 saturated carbocycles. The molecule has 1 atom stereocenters. The van der Waals surface area contributed by atoms with Gasteiger partial charge >= 0.3 is 0 Å². The third-order valence-corrected chi connectivity index (χ3v) is 6.33. The number of anilines is 1. The van der Waals surface area contributed by atoms with Gasteiger partial charge in [-0.1, -0.05) is 18.2 Å². The normalized spacial score (nSPS) is 18.8. The summed E-state index contributed by atoms with van der Waals surface area (Å²) in [6.45, 7) is 5.55. The van der Waals surface area contributed by atoms with Crippen molar-refractivity contribution in [3.05, 3.63) is 52.2 Å². The Labute approximate surface area is 180 Å². The van der Waals surface area contributed by atoms with Gasteiger partial charge in [-0.25, -0.2) is 5.01 Å². The third-order valence-electron chi connectivity index (χ3n) is 5.35. The molecular formula is C22H26N4O3S. The molecule has 30 heavy (non-hydrogen) atoms. The Balaban J connectivity index is 1.46. The van der Waals surface area contributed by atoms with Crippen LogP contribution in [0.2, 0.25) is 0 Å². The van der Waals surface area contributed by atoms with Crippen LogP contribution in [0, 0.1) is 6.92 Å². The summed E-state index contributed by atoms with van der Waals surface area (Å²) < 4.78 is 5.48. The highest BCUT2D eigenvalue weighted by molar-refractivity contribution is 7.10. The highest BCUT2D eigenvalue weighted by atomic mass is 32.1. The number of aryl methyl sites for hydroxylation is 1. The summed E-state index contributed by atoms with van der Waals surface area (Å²) in [7, 11) is 0. The topological polar surface area (TPSA) is 74.2 Å². The average Bonchev–Trinajstić information content (AvgIpc) is 3.29. The van der Waals surface area contributed by atoms with Gasteiger partial charge in [0.15, 0.2) is 0 Å². The zero-order valence-electron chi connectivity index (χ0n) is 17.0. The van der Waals surface area contributed by atoms with Gasteiger partial charge in [0, 0.05) is 37.4 Å². The second-order valence-electron chi connectivity index (χ2n) is 7.48. The molecule has 1 fully saturated rings. The van der Waals surface area contributed by atoms with Crippen molar-refractivity contribution in [1.82, 2.24) is 10.2 Å². The van der Waals surface area contributed by atoms with Crippen molar-refractivity contribution in [3.8, 4) is 0 Å². The molecule has 4 rings (SSSR count). The lowest BCUT2D eigenvalue weighted by Gasteiger charge is -2.34. The van der Waals surface area contributed by atoms with Crippen LogP contribution < -0.4 is 10.3 Å². The predicted octanol–water partition coefficient (Wildman–Crippen LogP) is 2.73. The number of carbonyl (C=O) groups excluding carboxylic acids is 2. The SMILES string of the molecule is Cc1cccc(N2N=C(C(=O)NCC(c3cccs3)N3CCOCC3)CCC2=O)c1. The van der Waals surface area contributed by atoms with Gasteiger partial charge < -0.3 is 10.1 Å². The molecule has 1 unspecified atom stereocenters. The van der Waals surface area contributed by atoms with Crippen molar-refractivity contribution in [2.45, 2.75) is 25.8 Å². The van der Waals surface area contributed by atoms with E-state index in [1.165, 1.54) is 9.89 Å². The van der Waals surface area contributed by atoms with E-state index in [1.54, 1.807) is 11.3 Å². The summed E-state index contributed by atoms with van der Waals surface area (Å²) in [5.41, 5.74) is 2.12. The van der Waals surface area contributed by atoms with E-state index in [2.05, 4.69) is 26.8 Å². The van der Waals surface area contributed by atoms with Gasteiger partial charge in [-0.05, 0) is 36.1 Å². The molecule has 1 saturated heterocycles. The van der Waals surface area contributed by atoms with Crippen LogP contribution in [0.1, 0.15) is 29.3 Å². The summed E-state index contributed by atoms with van der Waals surface area (Å²) in [5, 5.41) is 10.8. The van der Waals surface area contributed by atoms with Crippen molar-refractivity contribution in [3.63, 3.8) is 0 Å². The number of nitrogens with one attached hydrogen (secondary N) is 1. The van der Waals surface area contributed by atoms with Crippen molar-refractivity contribution < 1.29 is 14.3 Å². The van der Waals surface area contributed by atoms with E-state index in [0.29, 0.717) is 37.6 Å². The first-order valence-electron chi connectivity index (χ1n) is 10.2. The Kier molecular flexibility index (Phi) is 6.56. The maximum Gasteiger partial charge on any atom is 0.267 e. The number of amides is 2. The number of morpholine rings is 1. The molecule has 0 aliphatic carbocycles. The van der Waals surface area contributed by atoms with Crippen molar-refractivity contribution in [2.75, 3.05) is 37.9 Å². The summed E-state index contributed by atoms with van der Waals surface area (Å²) in [6.07, 6.45) is 0.631. The van der Waals surface area contributed by atoms with Crippen LogP contribution in [0.15, 0.2) is 46.9 Å². The van der Waals surface area contributed by atoms with Gasteiger partial charge in [0.25, 0.3) is 5.91 Å². The van der Waals surface area contributed by atoms with Crippen LogP contribution in [0.3, 0.4) is 0 Å². The van der Waals surface area contributed by atoms with Gasteiger partial charge in [0.1, 0.15) is 5.71 Å². The quantitative estimate of drug-likeness (QED) is 0.771. The first-order valence-corrected chi connectivity index (χ1v) is 11.1. The van der Waals surface area contributed by atoms with Crippen LogP contribution in [0.5, 0.6) is 0 Å². The van der Waals surface area contributed by atoms with Crippen molar-refractivity contribution in [2.24, 2.45) is 5.10 Å². The lowest BCUT2D eigenvalue weighted by molar-refractivity contribution is -0.119. The molecule has 1 N–H and O–H groups in total. The molecule has 2 aliphatic heterocycles. The maximum atomic E-state index is 12.9. The fraction of sp³-hybridized carbons (Fsp3) is 0.409. The van der Waals surface area contributed by atoms with E-state index in [4.69, 9.17) is 4.74 Å². The van der Waals surface area contributed by atoms with Crippen molar-refractivity contribution in [1.29, 1.82) is 0 Å². The summed E-state index contributed by atoms with van der Waals surface area (Å²) in [6, 6.07) is 11.8. The number of carbonyl (C=O) groups is 2. The number of ether oxygens (including phenoxy) is 1. The minimum absolute atomic E-state index is 0.0954. The fourth-order valence-corrected chi connectivity index (χ4v) is 4.61. The Morgan fingerprint density at radius 1 is 1.23 bits per heavy atom. The second-order valence-corrected chi connectivity index (χ2v) is 8.46. The number of nitrogens with zero attached hydrogens (tertiary/aromatic N) is 3. The second kappa shape index (κ2) is 9.51. The minimum atomic E-state index is -0.213. The zero-order chi connectivity index (χ0) is 20.9. The van der Waals surface area contributed by atoms with Crippen LogP contribution in [0.4, 0.5) is 5.69 Å². The monoisotopic (exact) mass is 426 g/mol. The molecule has 0 radical (unpaired) electrons. The van der Waals surface area contributed by atoms with Crippen LogP contribution >= 0.6 is 11.3 Å². The molecule has 2 aromatic rings. The number of rotatable bonds is 6. The van der Waals surface area contributed by atoms with E-state index in [0.717, 1.165) is 18.7 Å². The standard InChI is InChI=1S/C22H26N4O3S/c1-16-4-2-5-17(14-16)26-21(27)8-7-18(24-26)22(28)23-15-19(20-6-3-13-30-20)25-9-11-29-12-10-25/h2-6,13-14,19H,7-12,15H2,1H3,(H,23,28). The first-order chi connectivity index (χ1) is 14.6. The molecule has 0 bridgehead atoms. The smallest absolute Gasteiger partial charge is 0.267 e. The van der Waals surface area contributed by atoms with Gasteiger partial charge in [-0.3, -0.25) is 14.5 Å². The molecule has 3 heterocycles. The van der Waals surface area contributed by atoms with Crippen molar-refractivity contribution >= 4 is 34.6 Å². The number of benzene rings is 1. The van der Waals surface area contributed by atoms with Crippen LogP contribution in [0.25, 0.3) is 0 Å². The molecule has 2 aliphatic rings. The fourth-order valence-electron chi connectivity index (χ4n) is 3.75. The zero-order valence-corrected chi connectivity index (χ0v) is 17.9. The lowest BCUT2D eigenvalue weighted by atomic mass is 10.1. The third kappa shape index (κ3) is 4.77. The van der Waals surface area contributed by atoms with Gasteiger partial charge in [-0.2, -0.15) is 5.10 Å². The maximum absolute atomic E-state index is 12.9. The van der Waals surface area contributed by atoms with Crippen LogP contribution in [-0.4, -0.2) is 55.3 Å². The number of hydrogen-bond donors (Lipinski definition) is 1. The number of thiophene rings is 1. The number of hydrazone groups is 1. The first kappa shape index (κ1) is 20.7. The number of hydrogen-bond acceptors (Lipinski definition) is 6. The minimum Gasteiger partial charge on any atom is -0.379 e. The van der Waals surface area contributed by atoms with Gasteiger partial charge in [0.2, 0.25) is 5.91 Å².